The number of fused-ring (bicyclic) bond motifs is 2. The van der Waals surface area contributed by atoms with Gasteiger partial charge in [-0.2, -0.15) is 0 Å². The average molecular weight is 391 g/mol. The number of amides is 2. The molecule has 0 saturated carbocycles. The largest absolute Gasteiger partial charge is 0.454 e. The van der Waals surface area contributed by atoms with E-state index in [-0.39, 0.29) is 23.7 Å². The molecule has 27 heavy (non-hydrogen) atoms. The molecule has 0 aromatic heterocycles. The van der Waals surface area contributed by atoms with Crippen LogP contribution in [0.4, 0.5) is 0 Å². The number of nitrogens with one attached hydrogen (secondary N) is 1. The predicted molar refractivity (Wildman–Crippen MR) is 105 cm³/mol. The smallest absolute Gasteiger partial charge is 0.241 e. The molecule has 1 saturated heterocycles. The molecule has 1 unspecified atom stereocenters. The lowest BCUT2D eigenvalue weighted by molar-refractivity contribution is -0.128. The monoisotopic (exact) mass is 391 g/mol. The van der Waals surface area contributed by atoms with Crippen molar-refractivity contribution in [3.63, 3.8) is 0 Å². The Morgan fingerprint density at radius 1 is 1.30 bits per heavy atom. The molecule has 7 nitrogen and oxygen atoms in total. The zero-order chi connectivity index (χ0) is 19.2. The fourth-order valence-electron chi connectivity index (χ4n) is 3.17. The molecular weight excluding hydrogens is 366 g/mol. The summed E-state index contributed by atoms with van der Waals surface area (Å²) in [6, 6.07) is 0. The fraction of sp³-hybridized carbons (Fsp3) is 0.579. The van der Waals surface area contributed by atoms with Crippen molar-refractivity contribution in [1.29, 1.82) is 0 Å². The molecule has 3 aliphatic rings. The van der Waals surface area contributed by atoms with Crippen molar-refractivity contribution in [2.45, 2.75) is 45.4 Å². The summed E-state index contributed by atoms with van der Waals surface area (Å²) < 4.78 is 10.7. The normalized spacial score (nSPS) is 20.7. The van der Waals surface area contributed by atoms with E-state index in [1.807, 2.05) is 0 Å². The first kappa shape index (κ1) is 19.5. The van der Waals surface area contributed by atoms with Gasteiger partial charge in [-0.1, -0.05) is 19.8 Å². The molecule has 1 aliphatic carbocycles. The second-order valence-corrected chi connectivity index (χ2v) is 7.11. The highest BCUT2D eigenvalue weighted by atomic mass is 32.1. The van der Waals surface area contributed by atoms with Crippen LogP contribution in [0.2, 0.25) is 0 Å². The molecule has 3 rings (SSSR count). The minimum Gasteiger partial charge on any atom is -0.454 e. The highest BCUT2D eigenvalue weighted by Crippen LogP contribution is 2.31. The first-order chi connectivity index (χ1) is 13.1. The summed E-state index contributed by atoms with van der Waals surface area (Å²) in [5.41, 5.74) is 0.606. The molecule has 8 heteroatoms. The Labute approximate surface area is 164 Å². The van der Waals surface area contributed by atoms with Gasteiger partial charge in [0.2, 0.25) is 23.7 Å². The second-order valence-electron chi connectivity index (χ2n) is 6.75. The van der Waals surface area contributed by atoms with Crippen LogP contribution in [0.15, 0.2) is 28.7 Å². The van der Waals surface area contributed by atoms with E-state index in [2.05, 4.69) is 17.2 Å². The number of aliphatic imine (C=N–C) groups is 1. The number of hydrogen-bond donors (Lipinski definition) is 1. The molecule has 2 aliphatic heterocycles. The van der Waals surface area contributed by atoms with Gasteiger partial charge in [0.15, 0.2) is 11.5 Å². The second kappa shape index (κ2) is 9.12. The average Bonchev–Trinajstić information content (AvgIpc) is 3.10. The summed E-state index contributed by atoms with van der Waals surface area (Å²) in [4.78, 5) is 30.4. The molecule has 2 heterocycles. The van der Waals surface area contributed by atoms with Crippen LogP contribution in [0.25, 0.3) is 0 Å². The number of thiocarbonyl (C=S) groups is 1. The SMILES string of the molecule is CCCCNC(=O)CCCCCN1C(=O)C2C=C3OCOC3=CC2=NC1=S. The zero-order valence-corrected chi connectivity index (χ0v) is 16.3. The minimum absolute atomic E-state index is 0.0828. The number of rotatable bonds is 9. The van der Waals surface area contributed by atoms with E-state index in [1.165, 1.54) is 0 Å². The lowest BCUT2D eigenvalue weighted by Gasteiger charge is -2.30. The Morgan fingerprint density at radius 2 is 2.11 bits per heavy atom. The van der Waals surface area contributed by atoms with Crippen LogP contribution >= 0.6 is 12.2 Å². The van der Waals surface area contributed by atoms with Crippen molar-refractivity contribution in [1.82, 2.24) is 10.2 Å². The van der Waals surface area contributed by atoms with Crippen LogP contribution in [-0.4, -0.2) is 47.4 Å². The van der Waals surface area contributed by atoms with Crippen molar-refractivity contribution >= 4 is 34.9 Å². The quantitative estimate of drug-likeness (QED) is 0.482. The summed E-state index contributed by atoms with van der Waals surface area (Å²) >= 11 is 5.30. The third-order valence-corrected chi connectivity index (χ3v) is 5.02. The summed E-state index contributed by atoms with van der Waals surface area (Å²) in [6.45, 7) is 3.51. The third-order valence-electron chi connectivity index (χ3n) is 4.71. The van der Waals surface area contributed by atoms with Crippen molar-refractivity contribution in [2.24, 2.45) is 10.9 Å². The highest BCUT2D eigenvalue weighted by molar-refractivity contribution is 7.80. The first-order valence-corrected chi connectivity index (χ1v) is 9.91. The van der Waals surface area contributed by atoms with Gasteiger partial charge < -0.3 is 14.8 Å². The van der Waals surface area contributed by atoms with Crippen molar-refractivity contribution in [3.8, 4) is 0 Å². The van der Waals surface area contributed by atoms with Gasteiger partial charge in [-0.25, -0.2) is 4.99 Å². The Hall–Kier alpha value is -2.22. The van der Waals surface area contributed by atoms with Gasteiger partial charge >= 0.3 is 0 Å². The Balaban J connectivity index is 1.45. The van der Waals surface area contributed by atoms with Crippen LogP contribution < -0.4 is 5.32 Å². The Bertz CT molecular complexity index is 714. The molecule has 0 radical (unpaired) electrons. The number of carbonyl (C=O) groups is 2. The number of hydrogen-bond acceptors (Lipinski definition) is 5. The van der Waals surface area contributed by atoms with E-state index in [4.69, 9.17) is 21.7 Å². The van der Waals surface area contributed by atoms with E-state index < -0.39 is 5.92 Å². The lowest BCUT2D eigenvalue weighted by Crippen LogP contribution is -2.46. The highest BCUT2D eigenvalue weighted by Gasteiger charge is 2.38. The molecule has 0 spiro atoms. The summed E-state index contributed by atoms with van der Waals surface area (Å²) in [6.07, 6.45) is 8.51. The van der Waals surface area contributed by atoms with E-state index in [0.717, 1.165) is 38.6 Å². The van der Waals surface area contributed by atoms with Gasteiger partial charge in [-0.05, 0) is 37.6 Å². The fourth-order valence-corrected chi connectivity index (χ4v) is 3.45. The number of carbonyl (C=O) groups excluding carboxylic acids is 2. The Morgan fingerprint density at radius 3 is 2.93 bits per heavy atom. The number of ether oxygens (including phenoxy) is 2. The van der Waals surface area contributed by atoms with Gasteiger partial charge in [-0.15, -0.1) is 0 Å². The number of allylic oxidation sites excluding steroid dienone is 1. The third kappa shape index (κ3) is 4.74. The standard InChI is InChI=1S/C19H25N3O4S/c1-2-3-8-20-17(23)7-5-4-6-9-22-18(24)13-10-15-16(26-12-25-15)11-14(13)21-19(22)27/h10-11,13H,2-9,12H2,1H3,(H,20,23). The number of nitrogens with zero attached hydrogens (tertiary/aromatic N) is 2. The maximum absolute atomic E-state index is 12.8. The van der Waals surface area contributed by atoms with E-state index >= 15 is 0 Å². The van der Waals surface area contributed by atoms with E-state index in [1.54, 1.807) is 17.1 Å². The molecule has 1 fully saturated rings. The maximum Gasteiger partial charge on any atom is 0.241 e. The molecule has 2 amide bonds. The zero-order valence-electron chi connectivity index (χ0n) is 15.5. The predicted octanol–water partition coefficient (Wildman–Crippen LogP) is 2.43. The number of unbranched alkanes of at least 4 members (excludes halogenated alkanes) is 3. The van der Waals surface area contributed by atoms with Crippen LogP contribution in [0.5, 0.6) is 0 Å². The summed E-state index contributed by atoms with van der Waals surface area (Å²) in [5, 5.41) is 3.20. The van der Waals surface area contributed by atoms with Gasteiger partial charge in [0.1, 0.15) is 5.92 Å². The van der Waals surface area contributed by atoms with E-state index in [0.29, 0.717) is 30.2 Å². The minimum atomic E-state index is -0.471. The first-order valence-electron chi connectivity index (χ1n) is 9.50. The molecule has 1 atom stereocenters. The lowest BCUT2D eigenvalue weighted by atomic mass is 9.93. The van der Waals surface area contributed by atoms with Crippen molar-refractivity contribution in [3.05, 3.63) is 23.7 Å². The van der Waals surface area contributed by atoms with Gasteiger partial charge in [0, 0.05) is 25.6 Å². The van der Waals surface area contributed by atoms with Gasteiger partial charge in [0.25, 0.3) is 0 Å². The maximum atomic E-state index is 12.8. The van der Waals surface area contributed by atoms with Gasteiger partial charge in [0.05, 0.1) is 5.71 Å². The molecule has 0 aromatic rings. The van der Waals surface area contributed by atoms with Crippen molar-refractivity contribution < 1.29 is 19.1 Å². The molecule has 146 valence electrons. The summed E-state index contributed by atoms with van der Waals surface area (Å²) in [5.74, 6) is 0.736. The van der Waals surface area contributed by atoms with Gasteiger partial charge in [-0.3, -0.25) is 14.5 Å². The molecule has 1 N–H and O–H groups in total. The van der Waals surface area contributed by atoms with Crippen LogP contribution in [0.1, 0.15) is 45.4 Å². The van der Waals surface area contributed by atoms with E-state index in [9.17, 15) is 9.59 Å². The van der Waals surface area contributed by atoms with Crippen LogP contribution in [0.3, 0.4) is 0 Å². The van der Waals surface area contributed by atoms with Crippen LogP contribution in [0, 0.1) is 5.92 Å². The Kier molecular flexibility index (Phi) is 6.60. The summed E-state index contributed by atoms with van der Waals surface area (Å²) in [7, 11) is 0. The molecule has 0 aromatic carbocycles. The topological polar surface area (TPSA) is 80.2 Å². The molecule has 0 bridgehead atoms. The van der Waals surface area contributed by atoms with Crippen molar-refractivity contribution in [2.75, 3.05) is 19.9 Å². The molecular formula is C19H25N3O4S. The van der Waals surface area contributed by atoms with Crippen LogP contribution in [-0.2, 0) is 19.1 Å².